The Morgan fingerprint density at radius 3 is 2.14 bits per heavy atom. The van der Waals surface area contributed by atoms with Crippen LogP contribution >= 0.6 is 0 Å². The zero-order chi connectivity index (χ0) is 4.83. The Kier molecular flexibility index (Phi) is 15.8. The van der Waals surface area contributed by atoms with Gasteiger partial charge in [0.05, 0.1) is 6.61 Å². The third-order valence-electron chi connectivity index (χ3n) is 0.492. The van der Waals surface area contributed by atoms with Crippen LogP contribution in [0.4, 0.5) is 0 Å². The Balaban J connectivity index is 0. The van der Waals surface area contributed by atoms with Gasteiger partial charge < -0.3 is 8.53 Å². The predicted octanol–water partition coefficient (Wildman–Crippen LogP) is -1.18. The van der Waals surface area contributed by atoms with Crippen LogP contribution in [-0.2, 0) is 8.53 Å². The van der Waals surface area contributed by atoms with E-state index in [2.05, 4.69) is 4.74 Å². The van der Waals surface area contributed by atoms with Crippen LogP contribution in [0.5, 0.6) is 0 Å². The molecule has 0 heterocycles. The Morgan fingerprint density at radius 2 is 2.00 bits per heavy atom. The molecule has 0 aliphatic heterocycles. The second kappa shape index (κ2) is 10.1. The van der Waals surface area contributed by atoms with E-state index in [9.17, 15) is 0 Å². The molecule has 0 saturated carbocycles. The first kappa shape index (κ1) is 10.9. The van der Waals surface area contributed by atoms with Gasteiger partial charge in [0.25, 0.3) is 0 Å². The SMILES string of the molecule is COCC[O][AlH2].[Li]. The number of hydrogen-bond acceptors (Lipinski definition) is 2. The summed E-state index contributed by atoms with van der Waals surface area (Å²) in [5.74, 6) is 0. The average Bonchev–Trinajstić information content (AvgIpc) is 1.61. The fourth-order valence-corrected chi connectivity index (χ4v) is 0.333. The zero-order valence-corrected chi connectivity index (χ0v) is 7.23. The summed E-state index contributed by atoms with van der Waals surface area (Å²) in [6.45, 7) is 1.48. The summed E-state index contributed by atoms with van der Waals surface area (Å²) in [6.07, 6.45) is 0. The van der Waals surface area contributed by atoms with Gasteiger partial charge in [-0.15, -0.1) is 0 Å². The fraction of sp³-hybridized carbons (Fsp3) is 1.00. The largest absolute Gasteiger partial charge is 0.504 e. The summed E-state index contributed by atoms with van der Waals surface area (Å²) < 4.78 is 9.48. The topological polar surface area (TPSA) is 18.5 Å². The first-order valence-electron chi connectivity index (χ1n) is 1.89. The summed E-state index contributed by atoms with van der Waals surface area (Å²) in [5.41, 5.74) is 0. The molecule has 2 nitrogen and oxygen atoms in total. The first-order valence-corrected chi connectivity index (χ1v) is 2.71. The Labute approximate surface area is 64.5 Å². The van der Waals surface area contributed by atoms with Crippen LogP contribution in [0.3, 0.4) is 0 Å². The molecular weight excluding hydrogens is 102 g/mol. The molecule has 0 N–H and O–H groups in total. The fourth-order valence-electron chi connectivity index (χ4n) is 0.167. The molecule has 7 heavy (non-hydrogen) atoms. The average molecular weight is 111 g/mol. The predicted molar refractivity (Wildman–Crippen MR) is 32.1 cm³/mol. The molecule has 0 aromatic carbocycles. The molecule has 0 aliphatic carbocycles. The van der Waals surface area contributed by atoms with Crippen molar-refractivity contribution in [1.29, 1.82) is 0 Å². The minimum atomic E-state index is 0. The van der Waals surface area contributed by atoms with Crippen LogP contribution in [0.15, 0.2) is 0 Å². The van der Waals surface area contributed by atoms with E-state index in [0.29, 0.717) is 0 Å². The zero-order valence-electron chi connectivity index (χ0n) is 5.23. The van der Waals surface area contributed by atoms with Crippen molar-refractivity contribution in [2.24, 2.45) is 0 Å². The van der Waals surface area contributed by atoms with Gasteiger partial charge in [-0.05, 0) is 0 Å². The molecule has 0 spiro atoms. The van der Waals surface area contributed by atoms with Gasteiger partial charge in [0.1, 0.15) is 0 Å². The van der Waals surface area contributed by atoms with Gasteiger partial charge in [-0.2, -0.15) is 0 Å². The molecule has 0 bridgehead atoms. The van der Waals surface area contributed by atoms with E-state index in [4.69, 9.17) is 3.79 Å². The van der Waals surface area contributed by atoms with Gasteiger partial charge in [-0.1, -0.05) is 0 Å². The third kappa shape index (κ3) is 11.0. The molecule has 0 aromatic heterocycles. The van der Waals surface area contributed by atoms with Crippen molar-refractivity contribution in [3.8, 4) is 0 Å². The van der Waals surface area contributed by atoms with Crippen molar-refractivity contribution in [3.05, 3.63) is 0 Å². The summed E-state index contributed by atoms with van der Waals surface area (Å²) in [7, 11) is 1.67. The van der Waals surface area contributed by atoms with E-state index in [-0.39, 0.29) is 18.9 Å². The summed E-state index contributed by atoms with van der Waals surface area (Å²) in [6, 6.07) is 0. The van der Waals surface area contributed by atoms with Crippen LogP contribution < -0.4 is 0 Å². The molecule has 0 saturated heterocycles. The van der Waals surface area contributed by atoms with E-state index in [1.807, 2.05) is 0 Å². The Hall–Kier alpha value is 1.05. The normalized spacial score (nSPS) is 7.57. The molecule has 0 aromatic rings. The van der Waals surface area contributed by atoms with Crippen molar-refractivity contribution >= 4 is 35.5 Å². The van der Waals surface area contributed by atoms with Crippen molar-refractivity contribution in [3.63, 3.8) is 0 Å². The summed E-state index contributed by atoms with van der Waals surface area (Å²) in [4.78, 5) is 0. The smallest absolute Gasteiger partial charge is 0.410 e. The maximum atomic E-state index is 4.80. The molecule has 0 amide bonds. The van der Waals surface area contributed by atoms with Gasteiger partial charge in [0.15, 0.2) is 0 Å². The van der Waals surface area contributed by atoms with E-state index < -0.39 is 0 Å². The monoisotopic (exact) mass is 111 g/mol. The quantitative estimate of drug-likeness (QED) is 0.337. The Morgan fingerprint density at radius 1 is 1.43 bits per heavy atom. The second-order valence-electron chi connectivity index (χ2n) is 0.986. The number of rotatable bonds is 3. The minimum Gasteiger partial charge on any atom is -0.504 e. The molecule has 0 fully saturated rings. The van der Waals surface area contributed by atoms with Crippen molar-refractivity contribution in [1.82, 2.24) is 0 Å². The van der Waals surface area contributed by atoms with Gasteiger partial charge >= 0.3 is 16.6 Å². The number of methoxy groups -OCH3 is 1. The second-order valence-corrected chi connectivity index (χ2v) is 1.56. The summed E-state index contributed by atoms with van der Waals surface area (Å²) >= 11 is 0.823. The van der Waals surface area contributed by atoms with E-state index in [1.54, 1.807) is 7.11 Å². The van der Waals surface area contributed by atoms with Gasteiger partial charge in [-0.3, -0.25) is 0 Å². The van der Waals surface area contributed by atoms with Crippen LogP contribution in [0.1, 0.15) is 0 Å². The Bertz CT molecular complexity index is 24.9. The minimum absolute atomic E-state index is 0. The van der Waals surface area contributed by atoms with E-state index >= 15 is 0 Å². The van der Waals surface area contributed by atoms with Gasteiger partial charge in [0.2, 0.25) is 0 Å². The first-order chi connectivity index (χ1) is 2.91. The standard InChI is InChI=1S/C3H7O2.Al.Li.2H/c1-5-3-2-4;;;;/h2-3H2,1H3;;;;/q-1;+1;;;. The van der Waals surface area contributed by atoms with E-state index in [0.717, 1.165) is 29.8 Å². The molecule has 0 rings (SSSR count). The molecule has 0 atom stereocenters. The van der Waals surface area contributed by atoms with E-state index in [1.165, 1.54) is 0 Å². The van der Waals surface area contributed by atoms with Gasteiger partial charge in [-0.25, -0.2) is 0 Å². The molecule has 4 heteroatoms. The summed E-state index contributed by atoms with van der Waals surface area (Å²) in [5, 5.41) is 0. The molecule has 1 radical (unpaired) electrons. The van der Waals surface area contributed by atoms with Gasteiger partial charge in [0, 0.05) is 32.6 Å². The molecule has 37 valence electrons. The maximum Gasteiger partial charge on any atom is 0.410 e. The molecule has 0 aliphatic rings. The van der Waals surface area contributed by atoms with Crippen molar-refractivity contribution < 1.29 is 8.53 Å². The van der Waals surface area contributed by atoms with Crippen LogP contribution in [0, 0.1) is 0 Å². The van der Waals surface area contributed by atoms with Crippen LogP contribution in [0.25, 0.3) is 0 Å². The molecular formula is C3H9AlLiO2. The number of ether oxygens (including phenoxy) is 1. The van der Waals surface area contributed by atoms with Crippen molar-refractivity contribution in [2.45, 2.75) is 0 Å². The third-order valence-corrected chi connectivity index (χ3v) is 0.900. The van der Waals surface area contributed by atoms with Crippen LogP contribution in [0.2, 0.25) is 0 Å². The maximum absolute atomic E-state index is 4.80. The molecule has 0 unspecified atom stereocenters. The van der Waals surface area contributed by atoms with Crippen LogP contribution in [-0.4, -0.2) is 55.8 Å². The van der Waals surface area contributed by atoms with Crippen molar-refractivity contribution in [2.75, 3.05) is 20.3 Å². The number of hydrogen-bond donors (Lipinski definition) is 0.